The SMILES string of the molecule is COc1ccc(C[C@@]23CCN[C@H]2C[C@H](NC(=O)N(OC(=O)C(F)(F)F)c2ccc(C)c(F)c2F)CC3)cc1OC. The van der Waals surface area contributed by atoms with Crippen molar-refractivity contribution in [2.75, 3.05) is 25.8 Å². The smallest absolute Gasteiger partial charge is 0.493 e. The third kappa shape index (κ3) is 5.93. The number of carbonyl (C=O) groups excluding carboxylic acids is 2. The summed E-state index contributed by atoms with van der Waals surface area (Å²) < 4.78 is 78.3. The van der Waals surface area contributed by atoms with Crippen LogP contribution in [0.15, 0.2) is 30.3 Å². The number of methoxy groups -OCH3 is 2. The maximum atomic E-state index is 14.6. The molecule has 1 heterocycles. The first kappa shape index (κ1) is 29.4. The van der Waals surface area contributed by atoms with E-state index in [1.54, 1.807) is 14.2 Å². The molecule has 8 nitrogen and oxygen atoms in total. The van der Waals surface area contributed by atoms with Gasteiger partial charge >= 0.3 is 18.2 Å². The van der Waals surface area contributed by atoms with Crippen molar-refractivity contribution in [1.29, 1.82) is 0 Å². The third-order valence-corrected chi connectivity index (χ3v) is 7.66. The van der Waals surface area contributed by atoms with E-state index in [4.69, 9.17) is 9.47 Å². The van der Waals surface area contributed by atoms with Crippen LogP contribution in [0.4, 0.5) is 32.4 Å². The lowest BCUT2D eigenvalue weighted by atomic mass is 9.66. The average molecular weight is 572 g/mol. The van der Waals surface area contributed by atoms with Gasteiger partial charge in [0.25, 0.3) is 0 Å². The highest BCUT2D eigenvalue weighted by atomic mass is 19.4. The number of carbonyl (C=O) groups is 2. The number of hydrogen-bond donors (Lipinski definition) is 2. The van der Waals surface area contributed by atoms with Gasteiger partial charge in [0.05, 0.1) is 14.2 Å². The van der Waals surface area contributed by atoms with Gasteiger partial charge in [0.15, 0.2) is 23.1 Å². The molecule has 2 amide bonds. The predicted octanol–water partition coefficient (Wildman–Crippen LogP) is 4.97. The fourth-order valence-electron chi connectivity index (χ4n) is 5.57. The summed E-state index contributed by atoms with van der Waals surface area (Å²) in [6.07, 6.45) is -2.33. The Balaban J connectivity index is 1.51. The minimum atomic E-state index is -5.47. The van der Waals surface area contributed by atoms with Crippen LogP contribution in [-0.4, -0.2) is 51.0 Å². The molecule has 0 radical (unpaired) electrons. The second kappa shape index (κ2) is 11.5. The first-order valence-corrected chi connectivity index (χ1v) is 12.7. The van der Waals surface area contributed by atoms with Crippen LogP contribution in [0.3, 0.4) is 0 Å². The van der Waals surface area contributed by atoms with Crippen molar-refractivity contribution in [1.82, 2.24) is 10.6 Å². The van der Waals surface area contributed by atoms with Gasteiger partial charge in [-0.3, -0.25) is 0 Å². The number of alkyl halides is 3. The van der Waals surface area contributed by atoms with Crippen LogP contribution < -0.4 is 25.2 Å². The number of halogens is 5. The van der Waals surface area contributed by atoms with Gasteiger partial charge in [0.2, 0.25) is 0 Å². The van der Waals surface area contributed by atoms with Crippen molar-refractivity contribution in [3.63, 3.8) is 0 Å². The third-order valence-electron chi connectivity index (χ3n) is 7.66. The van der Waals surface area contributed by atoms with Gasteiger partial charge < -0.3 is 24.9 Å². The molecule has 1 saturated carbocycles. The van der Waals surface area contributed by atoms with E-state index in [9.17, 15) is 31.5 Å². The average Bonchev–Trinajstić information content (AvgIpc) is 3.32. The number of nitrogens with one attached hydrogen (secondary N) is 2. The van der Waals surface area contributed by atoms with Crippen molar-refractivity contribution < 1.29 is 45.9 Å². The molecule has 1 aliphatic carbocycles. The van der Waals surface area contributed by atoms with Crippen LogP contribution in [-0.2, 0) is 16.1 Å². The molecule has 2 aromatic rings. The molecule has 2 fully saturated rings. The monoisotopic (exact) mass is 571 g/mol. The number of aryl methyl sites for hydroxylation is 1. The maximum absolute atomic E-state index is 14.6. The molecule has 4 rings (SSSR count). The van der Waals surface area contributed by atoms with Gasteiger partial charge in [-0.1, -0.05) is 12.1 Å². The molecule has 1 saturated heterocycles. The summed E-state index contributed by atoms with van der Waals surface area (Å²) in [6.45, 7) is 1.97. The van der Waals surface area contributed by atoms with Crippen LogP contribution in [0, 0.1) is 24.0 Å². The number of hydrogen-bond acceptors (Lipinski definition) is 6. The molecule has 0 unspecified atom stereocenters. The zero-order valence-electron chi connectivity index (χ0n) is 22.2. The number of nitrogens with zero attached hydrogens (tertiary/aromatic N) is 1. The maximum Gasteiger partial charge on any atom is 0.493 e. The normalized spacial score (nSPS) is 22.3. The molecule has 2 N–H and O–H groups in total. The van der Waals surface area contributed by atoms with E-state index in [0.717, 1.165) is 37.1 Å². The summed E-state index contributed by atoms with van der Waals surface area (Å²) in [4.78, 5) is 28.8. The summed E-state index contributed by atoms with van der Waals surface area (Å²) in [5, 5.41) is 5.81. The molecule has 40 heavy (non-hydrogen) atoms. The summed E-state index contributed by atoms with van der Waals surface area (Å²) in [5.41, 5.74) is -0.212. The zero-order chi connectivity index (χ0) is 29.2. The Hall–Kier alpha value is -3.61. The van der Waals surface area contributed by atoms with E-state index in [0.29, 0.717) is 30.8 Å². The number of anilines is 1. The summed E-state index contributed by atoms with van der Waals surface area (Å²) in [5.74, 6) is -4.55. The first-order chi connectivity index (χ1) is 18.9. The van der Waals surface area contributed by atoms with E-state index in [1.165, 1.54) is 6.92 Å². The minimum absolute atomic E-state index is 0.0422. The lowest BCUT2D eigenvalue weighted by molar-refractivity contribution is -0.199. The molecule has 2 aromatic carbocycles. The standard InChI is InChI=1S/C27H30F5N3O5/c1-15-4-6-18(23(29)22(15)28)35(40-24(36)27(30,31)32)25(37)34-17-8-9-26(10-11-33-21(26)13-17)14-16-5-7-19(38-2)20(12-16)39-3/h4-7,12,17,21,33H,8-11,13-14H2,1-3H3,(H,34,37)/t17-,21+,26-/m1/s1. The van der Waals surface area contributed by atoms with Crippen molar-refractivity contribution in [2.45, 2.75) is 57.3 Å². The van der Waals surface area contributed by atoms with Gasteiger partial charge in [-0.05, 0) is 80.3 Å². The minimum Gasteiger partial charge on any atom is -0.493 e. The van der Waals surface area contributed by atoms with E-state index in [-0.39, 0.29) is 22.1 Å². The molecule has 0 bridgehead atoms. The largest absolute Gasteiger partial charge is 0.493 e. The molecule has 13 heteroatoms. The molecular formula is C27H30F5N3O5. The highest BCUT2D eigenvalue weighted by molar-refractivity contribution is 5.93. The summed E-state index contributed by atoms with van der Waals surface area (Å²) in [7, 11) is 3.11. The van der Waals surface area contributed by atoms with Crippen molar-refractivity contribution >= 4 is 17.7 Å². The molecule has 0 aromatic heterocycles. The highest BCUT2D eigenvalue weighted by Crippen LogP contribution is 2.46. The van der Waals surface area contributed by atoms with Crippen LogP contribution in [0.5, 0.6) is 11.5 Å². The number of ether oxygens (including phenoxy) is 2. The first-order valence-electron chi connectivity index (χ1n) is 12.7. The zero-order valence-corrected chi connectivity index (χ0v) is 22.2. The van der Waals surface area contributed by atoms with Gasteiger partial charge in [0, 0.05) is 12.1 Å². The van der Waals surface area contributed by atoms with Crippen LogP contribution in [0.2, 0.25) is 0 Å². The van der Waals surface area contributed by atoms with Gasteiger partial charge in [0.1, 0.15) is 5.69 Å². The Morgan fingerprint density at radius 3 is 2.48 bits per heavy atom. The van der Waals surface area contributed by atoms with Crippen LogP contribution in [0.25, 0.3) is 0 Å². The fraction of sp³-hybridized carbons (Fsp3) is 0.481. The molecular weight excluding hydrogens is 541 g/mol. The Labute approximate surface area is 227 Å². The molecule has 0 spiro atoms. The number of hydroxylamine groups is 1. The van der Waals surface area contributed by atoms with Gasteiger partial charge in [-0.2, -0.15) is 13.2 Å². The molecule has 2 aliphatic rings. The summed E-state index contributed by atoms with van der Waals surface area (Å²) in [6, 6.07) is 5.73. The Bertz CT molecular complexity index is 1270. The van der Waals surface area contributed by atoms with Crippen molar-refractivity contribution in [3.05, 3.63) is 53.1 Å². The van der Waals surface area contributed by atoms with Crippen molar-refractivity contribution in [3.8, 4) is 11.5 Å². The van der Waals surface area contributed by atoms with Crippen LogP contribution in [0.1, 0.15) is 36.8 Å². The predicted molar refractivity (Wildman–Crippen MR) is 134 cm³/mol. The van der Waals surface area contributed by atoms with E-state index >= 15 is 0 Å². The number of fused-ring (bicyclic) bond motifs is 1. The van der Waals surface area contributed by atoms with E-state index < -0.39 is 41.5 Å². The molecule has 218 valence electrons. The second-order valence-electron chi connectivity index (χ2n) is 10.1. The second-order valence-corrected chi connectivity index (χ2v) is 10.1. The lowest BCUT2D eigenvalue weighted by Gasteiger charge is -2.43. The Morgan fingerprint density at radius 2 is 1.80 bits per heavy atom. The summed E-state index contributed by atoms with van der Waals surface area (Å²) >= 11 is 0. The van der Waals surface area contributed by atoms with Gasteiger partial charge in [-0.25, -0.2) is 18.4 Å². The van der Waals surface area contributed by atoms with E-state index in [1.807, 2.05) is 18.2 Å². The number of amides is 2. The van der Waals surface area contributed by atoms with E-state index in [2.05, 4.69) is 15.5 Å². The fourth-order valence-corrected chi connectivity index (χ4v) is 5.57. The number of urea groups is 1. The van der Waals surface area contributed by atoms with Crippen molar-refractivity contribution in [2.24, 2.45) is 5.41 Å². The topological polar surface area (TPSA) is 89.1 Å². The van der Waals surface area contributed by atoms with Gasteiger partial charge in [-0.15, -0.1) is 5.06 Å². The quantitative estimate of drug-likeness (QED) is 0.376. The molecule has 1 aliphatic heterocycles. The Kier molecular flexibility index (Phi) is 8.43. The number of benzene rings is 2. The lowest BCUT2D eigenvalue weighted by Crippen LogP contribution is -2.53. The number of rotatable bonds is 6. The van der Waals surface area contributed by atoms with Crippen LogP contribution >= 0.6 is 0 Å². The molecule has 3 atom stereocenters. The highest BCUT2D eigenvalue weighted by Gasteiger charge is 2.48. The Morgan fingerprint density at radius 1 is 1.07 bits per heavy atom.